The molecule has 3 N–H and O–H groups in total. The molecule has 3 unspecified atom stereocenters. The third kappa shape index (κ3) is 7.84. The van der Waals surface area contributed by atoms with E-state index in [1.165, 1.54) is 0 Å². The summed E-state index contributed by atoms with van der Waals surface area (Å²) in [5, 5.41) is 17.0. The Bertz CT molecular complexity index is 621. The molecule has 0 aromatic heterocycles. The Morgan fingerprint density at radius 2 is 2.00 bits per heavy atom. The van der Waals surface area contributed by atoms with Gasteiger partial charge in [-0.05, 0) is 52.3 Å². The zero-order valence-corrected chi connectivity index (χ0v) is 18.5. The lowest BCUT2D eigenvalue weighted by atomic mass is 10.1. The highest BCUT2D eigenvalue weighted by molar-refractivity contribution is 5.79. The first-order valence-corrected chi connectivity index (χ1v) is 10.7. The van der Waals surface area contributed by atoms with Crippen molar-refractivity contribution in [1.82, 2.24) is 15.5 Å². The minimum absolute atomic E-state index is 0.133. The Hall–Kier alpha value is -1.83. The maximum atomic E-state index is 10.5. The first-order chi connectivity index (χ1) is 13.9. The summed E-state index contributed by atoms with van der Waals surface area (Å²) < 4.78 is 11.2. The summed E-state index contributed by atoms with van der Waals surface area (Å²) in [6.45, 7) is 14.8. The maximum absolute atomic E-state index is 10.5. The van der Waals surface area contributed by atoms with Gasteiger partial charge in [0.25, 0.3) is 0 Å². The summed E-state index contributed by atoms with van der Waals surface area (Å²) >= 11 is 0. The van der Waals surface area contributed by atoms with Crippen molar-refractivity contribution in [2.75, 3.05) is 39.4 Å². The van der Waals surface area contributed by atoms with Crippen molar-refractivity contribution in [3.63, 3.8) is 0 Å². The number of morpholine rings is 1. The zero-order valence-electron chi connectivity index (χ0n) is 18.5. The van der Waals surface area contributed by atoms with Crippen LogP contribution in [0.25, 0.3) is 0 Å². The summed E-state index contributed by atoms with van der Waals surface area (Å²) in [7, 11) is 0. The second kappa shape index (κ2) is 12.0. The fourth-order valence-corrected chi connectivity index (χ4v) is 3.42. The molecule has 0 radical (unpaired) electrons. The van der Waals surface area contributed by atoms with Gasteiger partial charge in [-0.3, -0.25) is 9.89 Å². The van der Waals surface area contributed by atoms with E-state index in [0.29, 0.717) is 25.2 Å². The van der Waals surface area contributed by atoms with Gasteiger partial charge in [0.2, 0.25) is 0 Å². The lowest BCUT2D eigenvalue weighted by molar-refractivity contribution is -0.0165. The van der Waals surface area contributed by atoms with Gasteiger partial charge in [-0.1, -0.05) is 12.1 Å². The van der Waals surface area contributed by atoms with Crippen molar-refractivity contribution in [3.05, 3.63) is 29.8 Å². The third-order valence-corrected chi connectivity index (χ3v) is 4.94. The van der Waals surface area contributed by atoms with Crippen LogP contribution in [0.15, 0.2) is 29.3 Å². The van der Waals surface area contributed by atoms with Crippen LogP contribution in [0.5, 0.6) is 5.75 Å². The number of ether oxygens (including phenoxy) is 2. The van der Waals surface area contributed by atoms with Crippen molar-refractivity contribution in [3.8, 4) is 5.75 Å². The van der Waals surface area contributed by atoms with Crippen molar-refractivity contribution in [2.24, 2.45) is 4.99 Å². The van der Waals surface area contributed by atoms with Gasteiger partial charge < -0.3 is 25.2 Å². The lowest BCUT2D eigenvalue weighted by Crippen LogP contribution is -2.49. The summed E-state index contributed by atoms with van der Waals surface area (Å²) in [6, 6.07) is 8.33. The molecule has 1 aliphatic rings. The van der Waals surface area contributed by atoms with Gasteiger partial charge in [-0.25, -0.2) is 0 Å². The number of rotatable bonds is 9. The smallest absolute Gasteiger partial charge is 0.191 e. The lowest BCUT2D eigenvalue weighted by Gasteiger charge is -2.37. The van der Waals surface area contributed by atoms with E-state index in [4.69, 9.17) is 14.5 Å². The minimum Gasteiger partial charge on any atom is -0.491 e. The zero-order chi connectivity index (χ0) is 21.2. The van der Waals surface area contributed by atoms with E-state index in [2.05, 4.69) is 29.4 Å². The van der Waals surface area contributed by atoms with Crippen LogP contribution in [0, 0.1) is 0 Å². The van der Waals surface area contributed by atoms with E-state index < -0.39 is 6.10 Å². The van der Waals surface area contributed by atoms with E-state index >= 15 is 0 Å². The second-order valence-electron chi connectivity index (χ2n) is 7.86. The summed E-state index contributed by atoms with van der Waals surface area (Å²) in [5.74, 6) is 1.53. The Labute approximate surface area is 175 Å². The fourth-order valence-electron chi connectivity index (χ4n) is 3.42. The Kier molecular flexibility index (Phi) is 9.70. The molecule has 7 heteroatoms. The van der Waals surface area contributed by atoms with E-state index in [-0.39, 0.29) is 6.10 Å². The predicted octanol–water partition coefficient (Wildman–Crippen LogP) is 2.17. The number of aliphatic hydroxyl groups is 1. The highest BCUT2D eigenvalue weighted by atomic mass is 16.5. The van der Waals surface area contributed by atoms with E-state index in [1.54, 1.807) is 0 Å². The Morgan fingerprint density at radius 1 is 1.28 bits per heavy atom. The summed E-state index contributed by atoms with van der Waals surface area (Å²) in [6.07, 6.45) is -0.488. The standard InChI is InChI=1S/C22H38N4O3/c1-6-23-22(24-13-17(4)26-11-12-28-15-18(26)5)25-14-21(27)19-7-9-20(10-8-19)29-16(2)3/h7-10,16-18,21,27H,6,11-15H2,1-5H3,(H2,23,24,25). The van der Waals surface area contributed by atoms with Crippen LogP contribution in [0.4, 0.5) is 0 Å². The normalized spacial score (nSPS) is 20.4. The molecule has 1 aromatic carbocycles. The number of hydrogen-bond donors (Lipinski definition) is 3. The molecule has 1 fully saturated rings. The van der Waals surface area contributed by atoms with E-state index in [9.17, 15) is 5.11 Å². The summed E-state index contributed by atoms with van der Waals surface area (Å²) in [4.78, 5) is 7.15. The number of aliphatic hydroxyl groups excluding tert-OH is 1. The van der Waals surface area contributed by atoms with Crippen molar-refractivity contribution < 1.29 is 14.6 Å². The number of nitrogens with one attached hydrogen (secondary N) is 2. The maximum Gasteiger partial charge on any atom is 0.191 e. The average molecular weight is 407 g/mol. The van der Waals surface area contributed by atoms with E-state index in [1.807, 2.05) is 45.0 Å². The number of guanidine groups is 1. The molecule has 7 nitrogen and oxygen atoms in total. The molecule has 0 bridgehead atoms. The second-order valence-corrected chi connectivity index (χ2v) is 7.86. The van der Waals surface area contributed by atoms with Gasteiger partial charge in [0, 0.05) is 31.7 Å². The molecule has 1 heterocycles. The van der Waals surface area contributed by atoms with Gasteiger partial charge in [0.1, 0.15) is 5.75 Å². The molecular weight excluding hydrogens is 368 g/mol. The molecular formula is C22H38N4O3. The molecule has 3 atom stereocenters. The van der Waals surface area contributed by atoms with Crippen molar-refractivity contribution in [1.29, 1.82) is 0 Å². The van der Waals surface area contributed by atoms with Gasteiger partial charge >= 0.3 is 0 Å². The quantitative estimate of drug-likeness (QED) is 0.431. The fraction of sp³-hybridized carbons (Fsp3) is 0.682. The van der Waals surface area contributed by atoms with Crippen molar-refractivity contribution >= 4 is 5.96 Å². The highest BCUT2D eigenvalue weighted by Gasteiger charge is 2.23. The number of nitrogens with zero attached hydrogens (tertiary/aromatic N) is 2. The highest BCUT2D eigenvalue weighted by Crippen LogP contribution is 2.18. The number of benzene rings is 1. The Morgan fingerprint density at radius 3 is 2.62 bits per heavy atom. The van der Waals surface area contributed by atoms with Crippen LogP contribution in [0.3, 0.4) is 0 Å². The van der Waals surface area contributed by atoms with Gasteiger partial charge in [-0.15, -0.1) is 0 Å². The van der Waals surface area contributed by atoms with Crippen LogP contribution in [0.2, 0.25) is 0 Å². The molecule has 29 heavy (non-hydrogen) atoms. The molecule has 0 spiro atoms. The minimum atomic E-state index is -0.622. The van der Waals surface area contributed by atoms with Crippen LogP contribution < -0.4 is 15.4 Å². The molecule has 0 amide bonds. The van der Waals surface area contributed by atoms with Crippen LogP contribution in [-0.2, 0) is 4.74 Å². The Balaban J connectivity index is 1.87. The van der Waals surface area contributed by atoms with Crippen LogP contribution in [-0.4, -0.2) is 73.5 Å². The monoisotopic (exact) mass is 406 g/mol. The molecule has 1 aromatic rings. The molecule has 1 aliphatic heterocycles. The molecule has 1 saturated heterocycles. The van der Waals surface area contributed by atoms with Gasteiger partial charge in [0.05, 0.1) is 32.0 Å². The van der Waals surface area contributed by atoms with Gasteiger partial charge in [-0.2, -0.15) is 0 Å². The molecule has 164 valence electrons. The first-order valence-electron chi connectivity index (χ1n) is 10.7. The van der Waals surface area contributed by atoms with Crippen molar-refractivity contribution in [2.45, 2.75) is 58.9 Å². The molecule has 0 aliphatic carbocycles. The topological polar surface area (TPSA) is 78.4 Å². The molecule has 0 saturated carbocycles. The van der Waals surface area contributed by atoms with E-state index in [0.717, 1.165) is 43.6 Å². The average Bonchev–Trinajstić information content (AvgIpc) is 2.70. The SMILES string of the molecule is CCNC(=NCC(C)N1CCOCC1C)NCC(O)c1ccc(OC(C)C)cc1. The van der Waals surface area contributed by atoms with Crippen LogP contribution in [0.1, 0.15) is 46.3 Å². The van der Waals surface area contributed by atoms with Gasteiger partial charge in [0.15, 0.2) is 5.96 Å². The first kappa shape index (κ1) is 23.4. The molecule has 2 rings (SSSR count). The largest absolute Gasteiger partial charge is 0.491 e. The third-order valence-electron chi connectivity index (χ3n) is 4.94. The van der Waals surface area contributed by atoms with Crippen LogP contribution >= 0.6 is 0 Å². The number of aliphatic imine (C=N–C) groups is 1. The summed E-state index contributed by atoms with van der Waals surface area (Å²) in [5.41, 5.74) is 0.847. The number of hydrogen-bond acceptors (Lipinski definition) is 5. The predicted molar refractivity (Wildman–Crippen MR) is 118 cm³/mol.